The number of hydrogen-bond donors (Lipinski definition) is 2. The minimum atomic E-state index is -0.355. The minimum Gasteiger partial charge on any atom is -0.494 e. The summed E-state index contributed by atoms with van der Waals surface area (Å²) in [7, 11) is 0. The molecule has 0 unspecified atom stereocenters. The van der Waals surface area contributed by atoms with Gasteiger partial charge in [-0.1, -0.05) is 36.4 Å². The van der Waals surface area contributed by atoms with Gasteiger partial charge in [0.05, 0.1) is 18.5 Å². The third kappa shape index (κ3) is 4.32. The lowest BCUT2D eigenvalue weighted by Gasteiger charge is -2.02. The van der Waals surface area contributed by atoms with Crippen molar-refractivity contribution in [1.82, 2.24) is 15.6 Å². The standard InChI is InChI=1S/C23H20N4O2/c1-2-29-20-11-7-16(8-12-20)15-24-27-23(28)22-14-21(25-26-22)19-10-9-17-5-3-4-6-18(17)13-19/h3-15H,2H2,1H3,(H,25,26)(H,27,28)/b24-15+. The number of nitrogens with one attached hydrogen (secondary N) is 2. The summed E-state index contributed by atoms with van der Waals surface area (Å²) < 4.78 is 5.40. The van der Waals surface area contributed by atoms with Gasteiger partial charge in [-0.05, 0) is 59.7 Å². The van der Waals surface area contributed by atoms with Gasteiger partial charge in [-0.2, -0.15) is 10.2 Å². The minimum absolute atomic E-state index is 0.344. The van der Waals surface area contributed by atoms with Gasteiger partial charge in [0.25, 0.3) is 5.91 Å². The third-order valence-corrected chi connectivity index (χ3v) is 4.44. The van der Waals surface area contributed by atoms with E-state index in [9.17, 15) is 4.79 Å². The lowest BCUT2D eigenvalue weighted by Crippen LogP contribution is -2.17. The van der Waals surface area contributed by atoms with Crippen molar-refractivity contribution < 1.29 is 9.53 Å². The van der Waals surface area contributed by atoms with Crippen LogP contribution in [0.1, 0.15) is 23.0 Å². The number of aromatic nitrogens is 2. The van der Waals surface area contributed by atoms with Crippen LogP contribution in [0.3, 0.4) is 0 Å². The van der Waals surface area contributed by atoms with E-state index in [0.29, 0.717) is 18.0 Å². The van der Waals surface area contributed by atoms with Crippen LogP contribution in [0.25, 0.3) is 22.0 Å². The fraction of sp³-hybridized carbons (Fsp3) is 0.0870. The predicted molar refractivity (Wildman–Crippen MR) is 114 cm³/mol. The monoisotopic (exact) mass is 384 g/mol. The lowest BCUT2D eigenvalue weighted by molar-refractivity contribution is 0.0950. The first-order chi connectivity index (χ1) is 14.2. The van der Waals surface area contributed by atoms with Crippen molar-refractivity contribution >= 4 is 22.9 Å². The molecule has 0 saturated carbocycles. The molecule has 0 aliphatic heterocycles. The summed E-state index contributed by atoms with van der Waals surface area (Å²) in [5.74, 6) is 0.444. The van der Waals surface area contributed by atoms with Crippen molar-refractivity contribution in [3.8, 4) is 17.0 Å². The molecule has 0 saturated heterocycles. The summed E-state index contributed by atoms with van der Waals surface area (Å²) in [6, 6.07) is 23.4. The van der Waals surface area contributed by atoms with E-state index < -0.39 is 0 Å². The Kier molecular flexibility index (Phi) is 5.33. The Balaban J connectivity index is 1.42. The zero-order valence-corrected chi connectivity index (χ0v) is 15.9. The molecule has 1 aromatic heterocycles. The van der Waals surface area contributed by atoms with Crippen LogP contribution in [0.2, 0.25) is 0 Å². The van der Waals surface area contributed by atoms with Gasteiger partial charge in [-0.3, -0.25) is 9.89 Å². The molecule has 0 atom stereocenters. The Morgan fingerprint density at radius 3 is 2.66 bits per heavy atom. The molecule has 0 aliphatic rings. The van der Waals surface area contributed by atoms with Crippen LogP contribution in [0, 0.1) is 0 Å². The maximum atomic E-state index is 12.3. The number of amides is 1. The average Bonchev–Trinajstić information content (AvgIpc) is 3.25. The second kappa shape index (κ2) is 8.39. The molecule has 0 bridgehead atoms. The van der Waals surface area contributed by atoms with Crippen LogP contribution in [0.15, 0.2) is 77.9 Å². The van der Waals surface area contributed by atoms with Crippen LogP contribution >= 0.6 is 0 Å². The molecule has 3 aromatic carbocycles. The van der Waals surface area contributed by atoms with E-state index in [1.165, 1.54) is 0 Å². The van der Waals surface area contributed by atoms with Crippen molar-refractivity contribution in [2.75, 3.05) is 6.61 Å². The van der Waals surface area contributed by atoms with Crippen molar-refractivity contribution in [2.45, 2.75) is 6.92 Å². The lowest BCUT2D eigenvalue weighted by atomic mass is 10.1. The van der Waals surface area contributed by atoms with Crippen LogP contribution in [0.4, 0.5) is 0 Å². The van der Waals surface area contributed by atoms with E-state index in [2.05, 4.69) is 38.9 Å². The fourth-order valence-corrected chi connectivity index (χ4v) is 2.98. The molecular weight excluding hydrogens is 364 g/mol. The van der Waals surface area contributed by atoms with Crippen molar-refractivity contribution in [3.05, 3.63) is 84.1 Å². The van der Waals surface area contributed by atoms with Crippen molar-refractivity contribution in [1.29, 1.82) is 0 Å². The van der Waals surface area contributed by atoms with E-state index in [1.807, 2.05) is 55.5 Å². The molecule has 144 valence electrons. The summed E-state index contributed by atoms with van der Waals surface area (Å²) in [6.45, 7) is 2.56. The van der Waals surface area contributed by atoms with E-state index in [1.54, 1.807) is 12.3 Å². The summed E-state index contributed by atoms with van der Waals surface area (Å²) in [6.07, 6.45) is 1.58. The normalized spacial score (nSPS) is 11.1. The number of nitrogens with zero attached hydrogens (tertiary/aromatic N) is 2. The number of aromatic amines is 1. The van der Waals surface area contributed by atoms with Crippen molar-refractivity contribution in [3.63, 3.8) is 0 Å². The molecule has 6 heteroatoms. The van der Waals surface area contributed by atoms with Crippen LogP contribution in [-0.4, -0.2) is 28.9 Å². The topological polar surface area (TPSA) is 79.4 Å². The van der Waals surface area contributed by atoms with Gasteiger partial charge in [0.2, 0.25) is 0 Å². The van der Waals surface area contributed by atoms with Crippen LogP contribution in [0.5, 0.6) is 5.75 Å². The Bertz CT molecular complexity index is 1160. The van der Waals surface area contributed by atoms with Gasteiger partial charge in [0.15, 0.2) is 0 Å². The van der Waals surface area contributed by atoms with Gasteiger partial charge in [-0.15, -0.1) is 0 Å². The number of carbonyl (C=O) groups excluding carboxylic acids is 1. The first-order valence-corrected chi connectivity index (χ1v) is 9.34. The Hall–Kier alpha value is -3.93. The summed E-state index contributed by atoms with van der Waals surface area (Å²) in [4.78, 5) is 12.3. The van der Waals surface area contributed by atoms with Gasteiger partial charge in [0.1, 0.15) is 11.4 Å². The molecule has 1 heterocycles. The molecule has 0 spiro atoms. The second-order valence-corrected chi connectivity index (χ2v) is 6.43. The summed E-state index contributed by atoms with van der Waals surface area (Å²) in [5, 5.41) is 13.3. The maximum Gasteiger partial charge on any atom is 0.289 e. The first kappa shape index (κ1) is 18.4. The number of fused-ring (bicyclic) bond motifs is 1. The molecule has 4 rings (SSSR count). The summed E-state index contributed by atoms with van der Waals surface area (Å²) >= 11 is 0. The van der Waals surface area contributed by atoms with Crippen LogP contribution in [-0.2, 0) is 0 Å². The highest BCUT2D eigenvalue weighted by atomic mass is 16.5. The molecule has 2 N–H and O–H groups in total. The average molecular weight is 384 g/mol. The number of carbonyl (C=O) groups is 1. The summed E-state index contributed by atoms with van der Waals surface area (Å²) in [5.41, 5.74) is 5.36. The molecule has 1 amide bonds. The highest BCUT2D eigenvalue weighted by Crippen LogP contribution is 2.23. The quantitative estimate of drug-likeness (QED) is 0.382. The second-order valence-electron chi connectivity index (χ2n) is 6.43. The van der Waals surface area contributed by atoms with Crippen molar-refractivity contribution in [2.24, 2.45) is 5.10 Å². The Morgan fingerprint density at radius 2 is 1.86 bits per heavy atom. The predicted octanol–water partition coefficient (Wildman–Crippen LogP) is 4.39. The number of rotatable bonds is 6. The van der Waals surface area contributed by atoms with Gasteiger partial charge in [-0.25, -0.2) is 5.43 Å². The molecular formula is C23H20N4O2. The third-order valence-electron chi connectivity index (χ3n) is 4.44. The largest absolute Gasteiger partial charge is 0.494 e. The first-order valence-electron chi connectivity index (χ1n) is 9.34. The number of ether oxygens (including phenoxy) is 1. The number of hydrogen-bond acceptors (Lipinski definition) is 4. The zero-order valence-electron chi connectivity index (χ0n) is 15.9. The van der Waals surface area contributed by atoms with Gasteiger partial charge < -0.3 is 4.74 Å². The number of benzene rings is 3. The molecule has 0 aliphatic carbocycles. The highest BCUT2D eigenvalue weighted by molar-refractivity contribution is 5.94. The van der Waals surface area contributed by atoms with E-state index in [-0.39, 0.29) is 5.91 Å². The molecule has 0 radical (unpaired) electrons. The number of hydrazone groups is 1. The highest BCUT2D eigenvalue weighted by Gasteiger charge is 2.10. The van der Waals surface area contributed by atoms with Crippen LogP contribution < -0.4 is 10.2 Å². The SMILES string of the molecule is CCOc1ccc(/C=N/NC(=O)c2cc(-c3ccc4ccccc4c3)n[nH]2)cc1. The smallest absolute Gasteiger partial charge is 0.289 e. The zero-order chi connectivity index (χ0) is 20.1. The molecule has 6 nitrogen and oxygen atoms in total. The van der Waals surface area contributed by atoms with E-state index >= 15 is 0 Å². The maximum absolute atomic E-state index is 12.3. The van der Waals surface area contributed by atoms with E-state index in [0.717, 1.165) is 27.6 Å². The van der Waals surface area contributed by atoms with Gasteiger partial charge >= 0.3 is 0 Å². The molecule has 4 aromatic rings. The molecule has 0 fully saturated rings. The molecule has 29 heavy (non-hydrogen) atoms. The number of H-pyrrole nitrogens is 1. The van der Waals surface area contributed by atoms with E-state index in [4.69, 9.17) is 4.74 Å². The Morgan fingerprint density at radius 1 is 1.07 bits per heavy atom. The Labute approximate surface area is 168 Å². The fourth-order valence-electron chi connectivity index (χ4n) is 2.98. The van der Waals surface area contributed by atoms with Gasteiger partial charge in [0, 0.05) is 5.56 Å².